The Bertz CT molecular complexity index is 636. The summed E-state index contributed by atoms with van der Waals surface area (Å²) in [5.74, 6) is 1.02. The van der Waals surface area contributed by atoms with Crippen LogP contribution in [0.25, 0.3) is 0 Å². The first kappa shape index (κ1) is 14.9. The van der Waals surface area contributed by atoms with Crippen molar-refractivity contribution < 1.29 is 9.53 Å². The van der Waals surface area contributed by atoms with E-state index in [9.17, 15) is 4.79 Å². The van der Waals surface area contributed by atoms with Crippen molar-refractivity contribution in [1.82, 2.24) is 0 Å². The summed E-state index contributed by atoms with van der Waals surface area (Å²) in [6, 6.07) is 12.7. The maximum atomic E-state index is 11.4. The molecule has 0 aliphatic carbocycles. The summed E-state index contributed by atoms with van der Waals surface area (Å²) in [7, 11) is 0. The zero-order chi connectivity index (χ0) is 15.4. The molecule has 110 valence electrons. The van der Waals surface area contributed by atoms with Gasteiger partial charge in [0.05, 0.1) is 5.56 Å². The molecule has 2 aromatic carbocycles. The van der Waals surface area contributed by atoms with Gasteiger partial charge in [-0.1, -0.05) is 26.0 Å². The van der Waals surface area contributed by atoms with Crippen molar-refractivity contribution >= 4 is 11.6 Å². The Kier molecular flexibility index (Phi) is 4.48. The van der Waals surface area contributed by atoms with Gasteiger partial charge in [-0.05, 0) is 48.2 Å². The maximum absolute atomic E-state index is 11.4. The van der Waals surface area contributed by atoms with Crippen LogP contribution in [-0.2, 0) is 0 Å². The molecule has 1 amide bonds. The average Bonchev–Trinajstić information content (AvgIpc) is 2.49. The fraction of sp³-hybridized carbons (Fsp3) is 0.235. The Morgan fingerprint density at radius 3 is 2.43 bits per heavy atom. The molecule has 4 heteroatoms. The number of carbonyl (C=O) groups excluding carboxylic acids is 1. The Morgan fingerprint density at radius 2 is 1.86 bits per heavy atom. The van der Waals surface area contributed by atoms with Crippen LogP contribution in [0, 0.1) is 0 Å². The standard InChI is InChI=1S/C17H20N2O2/c1-3-11(2)12-4-7-14(8-5-12)21-16-9-6-13(18)10-15(16)17(19)20/h4-11H,3,18H2,1-2H3,(H2,19,20). The largest absolute Gasteiger partial charge is 0.457 e. The minimum Gasteiger partial charge on any atom is -0.457 e. The molecule has 0 saturated heterocycles. The maximum Gasteiger partial charge on any atom is 0.252 e. The predicted molar refractivity (Wildman–Crippen MR) is 84.6 cm³/mol. The summed E-state index contributed by atoms with van der Waals surface area (Å²) in [6.07, 6.45) is 1.09. The number of amides is 1. The van der Waals surface area contributed by atoms with E-state index in [1.165, 1.54) is 11.6 Å². The van der Waals surface area contributed by atoms with Crippen LogP contribution in [0.3, 0.4) is 0 Å². The van der Waals surface area contributed by atoms with Crippen molar-refractivity contribution in [2.45, 2.75) is 26.2 Å². The number of carbonyl (C=O) groups is 1. The second-order valence-electron chi connectivity index (χ2n) is 5.10. The highest BCUT2D eigenvalue weighted by Gasteiger charge is 2.11. The molecule has 4 N–H and O–H groups in total. The number of rotatable bonds is 5. The quantitative estimate of drug-likeness (QED) is 0.822. The van der Waals surface area contributed by atoms with Gasteiger partial charge in [-0.2, -0.15) is 0 Å². The second kappa shape index (κ2) is 6.31. The topological polar surface area (TPSA) is 78.3 Å². The van der Waals surface area contributed by atoms with E-state index in [1.807, 2.05) is 24.3 Å². The van der Waals surface area contributed by atoms with E-state index in [1.54, 1.807) is 12.1 Å². The molecule has 21 heavy (non-hydrogen) atoms. The molecule has 0 radical (unpaired) electrons. The molecule has 4 nitrogen and oxygen atoms in total. The van der Waals surface area contributed by atoms with Gasteiger partial charge in [0.15, 0.2) is 0 Å². The van der Waals surface area contributed by atoms with E-state index in [4.69, 9.17) is 16.2 Å². The number of ether oxygens (including phenoxy) is 1. The van der Waals surface area contributed by atoms with E-state index >= 15 is 0 Å². The first-order valence-corrected chi connectivity index (χ1v) is 6.98. The van der Waals surface area contributed by atoms with E-state index in [-0.39, 0.29) is 5.56 Å². The van der Waals surface area contributed by atoms with Crippen LogP contribution in [0.5, 0.6) is 11.5 Å². The Morgan fingerprint density at radius 1 is 1.19 bits per heavy atom. The molecule has 0 aliphatic heterocycles. The number of nitrogen functional groups attached to an aromatic ring is 1. The fourth-order valence-electron chi connectivity index (χ4n) is 2.06. The third kappa shape index (κ3) is 3.54. The van der Waals surface area contributed by atoms with Crippen molar-refractivity contribution in [1.29, 1.82) is 0 Å². The number of primary amides is 1. The zero-order valence-corrected chi connectivity index (χ0v) is 12.3. The Balaban J connectivity index is 2.24. The third-order valence-electron chi connectivity index (χ3n) is 3.56. The number of hydrogen-bond acceptors (Lipinski definition) is 3. The second-order valence-corrected chi connectivity index (χ2v) is 5.10. The fourth-order valence-corrected chi connectivity index (χ4v) is 2.06. The monoisotopic (exact) mass is 284 g/mol. The van der Waals surface area contributed by atoms with E-state index < -0.39 is 5.91 Å². The molecule has 0 heterocycles. The van der Waals surface area contributed by atoms with Crippen molar-refractivity contribution in [3.8, 4) is 11.5 Å². The minimum absolute atomic E-state index is 0.279. The van der Waals surface area contributed by atoms with Gasteiger partial charge >= 0.3 is 0 Å². The summed E-state index contributed by atoms with van der Waals surface area (Å²) in [5.41, 5.74) is 13.0. The van der Waals surface area contributed by atoms with Crippen molar-refractivity contribution in [3.63, 3.8) is 0 Å². The van der Waals surface area contributed by atoms with Gasteiger partial charge in [0.2, 0.25) is 0 Å². The number of benzene rings is 2. The summed E-state index contributed by atoms with van der Waals surface area (Å²) < 4.78 is 5.74. The molecule has 0 fully saturated rings. The lowest BCUT2D eigenvalue weighted by Crippen LogP contribution is -2.12. The molecule has 0 saturated carbocycles. The molecule has 0 bridgehead atoms. The van der Waals surface area contributed by atoms with Crippen molar-refractivity contribution in [2.75, 3.05) is 5.73 Å². The highest BCUT2D eigenvalue weighted by atomic mass is 16.5. The Hall–Kier alpha value is -2.49. The normalized spacial score (nSPS) is 11.9. The smallest absolute Gasteiger partial charge is 0.252 e. The molecular weight excluding hydrogens is 264 g/mol. The van der Waals surface area contributed by atoms with E-state index in [2.05, 4.69) is 13.8 Å². The van der Waals surface area contributed by atoms with Gasteiger partial charge < -0.3 is 16.2 Å². The first-order valence-electron chi connectivity index (χ1n) is 6.98. The van der Waals surface area contributed by atoms with Gasteiger partial charge in [-0.15, -0.1) is 0 Å². The molecule has 2 aromatic rings. The van der Waals surface area contributed by atoms with Crippen LogP contribution in [0.2, 0.25) is 0 Å². The summed E-state index contributed by atoms with van der Waals surface area (Å²) in [5, 5.41) is 0. The first-order chi connectivity index (χ1) is 10.0. The SMILES string of the molecule is CCC(C)c1ccc(Oc2ccc(N)cc2C(N)=O)cc1. The molecular formula is C17H20N2O2. The molecule has 2 rings (SSSR count). The van der Waals surface area contributed by atoms with Crippen molar-refractivity contribution in [2.24, 2.45) is 5.73 Å². The molecule has 0 spiro atoms. The lowest BCUT2D eigenvalue weighted by Gasteiger charge is -2.12. The van der Waals surface area contributed by atoms with E-state index in [0.717, 1.165) is 6.42 Å². The third-order valence-corrected chi connectivity index (χ3v) is 3.56. The number of anilines is 1. The number of nitrogens with two attached hydrogens (primary N) is 2. The van der Waals surface area contributed by atoms with Crippen molar-refractivity contribution in [3.05, 3.63) is 53.6 Å². The highest BCUT2D eigenvalue weighted by Crippen LogP contribution is 2.28. The average molecular weight is 284 g/mol. The molecule has 0 aliphatic rings. The lowest BCUT2D eigenvalue weighted by atomic mass is 9.99. The zero-order valence-electron chi connectivity index (χ0n) is 12.3. The highest BCUT2D eigenvalue weighted by molar-refractivity contribution is 5.96. The Labute approximate surface area is 124 Å². The molecule has 1 unspecified atom stereocenters. The molecule has 0 aromatic heterocycles. The summed E-state index contributed by atoms with van der Waals surface area (Å²) >= 11 is 0. The van der Waals surface area contributed by atoms with E-state index in [0.29, 0.717) is 23.1 Å². The lowest BCUT2D eigenvalue weighted by molar-refractivity contribution is 0.0998. The van der Waals surface area contributed by atoms with Gasteiger partial charge in [-0.25, -0.2) is 0 Å². The van der Waals surface area contributed by atoms with Crippen LogP contribution in [0.4, 0.5) is 5.69 Å². The van der Waals surface area contributed by atoms with Gasteiger partial charge in [0.25, 0.3) is 5.91 Å². The predicted octanol–water partition coefficient (Wildman–Crippen LogP) is 3.67. The van der Waals surface area contributed by atoms with Gasteiger partial charge in [0, 0.05) is 5.69 Å². The van der Waals surface area contributed by atoms with Crippen LogP contribution < -0.4 is 16.2 Å². The van der Waals surface area contributed by atoms with Gasteiger partial charge in [0.1, 0.15) is 11.5 Å². The summed E-state index contributed by atoms with van der Waals surface area (Å²) in [6.45, 7) is 4.34. The summed E-state index contributed by atoms with van der Waals surface area (Å²) in [4.78, 5) is 11.4. The number of hydrogen-bond donors (Lipinski definition) is 2. The molecule has 1 atom stereocenters. The van der Waals surface area contributed by atoms with Crippen LogP contribution >= 0.6 is 0 Å². The van der Waals surface area contributed by atoms with Crippen LogP contribution in [0.15, 0.2) is 42.5 Å². The minimum atomic E-state index is -0.562. The van der Waals surface area contributed by atoms with Gasteiger partial charge in [-0.3, -0.25) is 4.79 Å². The van der Waals surface area contributed by atoms with Crippen LogP contribution in [-0.4, -0.2) is 5.91 Å². The van der Waals surface area contributed by atoms with Crippen LogP contribution in [0.1, 0.15) is 42.1 Å².